The summed E-state index contributed by atoms with van der Waals surface area (Å²) in [5, 5.41) is 16.5. The lowest BCUT2D eigenvalue weighted by Gasteiger charge is -2.26. The van der Waals surface area contributed by atoms with Gasteiger partial charge in [0.15, 0.2) is 0 Å². The maximum atomic E-state index is 12.7. The van der Waals surface area contributed by atoms with Crippen LogP contribution >= 0.6 is 12.6 Å². The molecule has 3 amide bonds. The van der Waals surface area contributed by atoms with Gasteiger partial charge in [-0.2, -0.15) is 12.6 Å². The highest BCUT2D eigenvalue weighted by Crippen LogP contribution is 2.09. The quantitative estimate of drug-likeness (QED) is 0.135. The van der Waals surface area contributed by atoms with Gasteiger partial charge in [-0.05, 0) is 32.2 Å². The van der Waals surface area contributed by atoms with Gasteiger partial charge in [0.2, 0.25) is 17.7 Å². The lowest BCUT2D eigenvalue weighted by molar-refractivity contribution is -0.141. The Kier molecular flexibility index (Phi) is 13.3. The van der Waals surface area contributed by atoms with Crippen LogP contribution in [0.3, 0.4) is 0 Å². The third kappa shape index (κ3) is 9.95. The summed E-state index contributed by atoms with van der Waals surface area (Å²) in [6.07, 6.45) is 2.53. The predicted molar refractivity (Wildman–Crippen MR) is 113 cm³/mol. The summed E-state index contributed by atoms with van der Waals surface area (Å²) in [5.41, 5.74) is 11.3. The smallest absolute Gasteiger partial charge is 0.327 e. The minimum absolute atomic E-state index is 0.0880. The predicted octanol–water partition coefficient (Wildman–Crippen LogP) is -1.02. The molecule has 0 fully saturated rings. The Morgan fingerprint density at radius 1 is 1.00 bits per heavy atom. The van der Waals surface area contributed by atoms with E-state index in [2.05, 4.69) is 28.6 Å². The lowest BCUT2D eigenvalue weighted by Crippen LogP contribution is -2.58. The normalized spacial score (nSPS) is 16.1. The molecule has 0 heterocycles. The maximum Gasteiger partial charge on any atom is 0.327 e. The van der Waals surface area contributed by atoms with E-state index in [0.29, 0.717) is 25.8 Å². The van der Waals surface area contributed by atoms with Gasteiger partial charge in [0.25, 0.3) is 0 Å². The van der Waals surface area contributed by atoms with E-state index in [1.807, 2.05) is 6.92 Å². The van der Waals surface area contributed by atoms with Crippen LogP contribution in [-0.4, -0.2) is 65.3 Å². The molecule has 0 spiro atoms. The summed E-state index contributed by atoms with van der Waals surface area (Å²) in [4.78, 5) is 48.2. The molecule has 0 aliphatic carbocycles. The summed E-state index contributed by atoms with van der Waals surface area (Å²) in [7, 11) is 0. The SMILES string of the molecule is CCC(C)C(NC(=O)C(N)CCCCN)C(=O)NC(C)C(=O)NC(CS)C(=O)O. The Hall–Kier alpha value is -1.85. The molecule has 10 nitrogen and oxygen atoms in total. The van der Waals surface area contributed by atoms with E-state index in [-0.39, 0.29) is 11.7 Å². The molecule has 0 saturated carbocycles. The molecule has 0 saturated heterocycles. The van der Waals surface area contributed by atoms with Crippen LogP contribution in [0, 0.1) is 5.92 Å². The molecule has 5 atom stereocenters. The van der Waals surface area contributed by atoms with Crippen molar-refractivity contribution in [1.82, 2.24) is 16.0 Å². The topological polar surface area (TPSA) is 177 Å². The summed E-state index contributed by atoms with van der Waals surface area (Å²) in [6, 6.07) is -3.79. The number of carboxylic acids is 1. The van der Waals surface area contributed by atoms with E-state index < -0.39 is 47.9 Å². The van der Waals surface area contributed by atoms with E-state index in [4.69, 9.17) is 16.6 Å². The highest BCUT2D eigenvalue weighted by atomic mass is 32.1. The maximum absolute atomic E-state index is 12.7. The van der Waals surface area contributed by atoms with E-state index in [1.54, 1.807) is 6.92 Å². The molecule has 11 heteroatoms. The van der Waals surface area contributed by atoms with Crippen LogP contribution in [-0.2, 0) is 19.2 Å². The zero-order valence-electron chi connectivity index (χ0n) is 17.3. The monoisotopic (exact) mass is 433 g/mol. The van der Waals surface area contributed by atoms with Crippen LogP contribution in [0.25, 0.3) is 0 Å². The molecule has 5 unspecified atom stereocenters. The Morgan fingerprint density at radius 2 is 1.62 bits per heavy atom. The number of amides is 3. The summed E-state index contributed by atoms with van der Waals surface area (Å²) >= 11 is 3.88. The molecule has 0 aromatic carbocycles. The van der Waals surface area contributed by atoms with Gasteiger partial charge in [-0.25, -0.2) is 4.79 Å². The first-order valence-electron chi connectivity index (χ1n) is 9.79. The highest BCUT2D eigenvalue weighted by Gasteiger charge is 2.30. The van der Waals surface area contributed by atoms with Crippen LogP contribution in [0.4, 0.5) is 0 Å². The van der Waals surface area contributed by atoms with E-state index >= 15 is 0 Å². The highest BCUT2D eigenvalue weighted by molar-refractivity contribution is 7.80. The van der Waals surface area contributed by atoms with Crippen molar-refractivity contribution in [2.45, 2.75) is 70.6 Å². The van der Waals surface area contributed by atoms with Crippen molar-refractivity contribution in [3.63, 3.8) is 0 Å². The summed E-state index contributed by atoms with van der Waals surface area (Å²) < 4.78 is 0. The van der Waals surface area contributed by atoms with Crippen molar-refractivity contribution in [2.75, 3.05) is 12.3 Å². The number of hydrogen-bond acceptors (Lipinski definition) is 7. The minimum Gasteiger partial charge on any atom is -0.480 e. The van der Waals surface area contributed by atoms with Crippen molar-refractivity contribution in [3.05, 3.63) is 0 Å². The number of nitrogens with two attached hydrogens (primary N) is 2. The molecular formula is C18H35N5O5S. The zero-order chi connectivity index (χ0) is 22.6. The zero-order valence-corrected chi connectivity index (χ0v) is 18.2. The van der Waals surface area contributed by atoms with E-state index in [1.165, 1.54) is 6.92 Å². The number of carbonyl (C=O) groups excluding carboxylic acids is 3. The number of rotatable bonds is 14. The fourth-order valence-electron chi connectivity index (χ4n) is 2.45. The van der Waals surface area contributed by atoms with Gasteiger partial charge in [0, 0.05) is 5.75 Å². The van der Waals surface area contributed by atoms with Gasteiger partial charge in [-0.15, -0.1) is 0 Å². The summed E-state index contributed by atoms with van der Waals surface area (Å²) in [5.74, 6) is -3.15. The van der Waals surface area contributed by atoms with Crippen molar-refractivity contribution in [3.8, 4) is 0 Å². The largest absolute Gasteiger partial charge is 0.480 e. The minimum atomic E-state index is -1.22. The number of aliphatic carboxylic acids is 1. The van der Waals surface area contributed by atoms with Gasteiger partial charge >= 0.3 is 5.97 Å². The first-order valence-corrected chi connectivity index (χ1v) is 10.4. The Bertz CT molecular complexity index is 563. The van der Waals surface area contributed by atoms with Crippen molar-refractivity contribution in [1.29, 1.82) is 0 Å². The molecule has 0 aliphatic heterocycles. The van der Waals surface area contributed by atoms with Crippen LogP contribution in [0.5, 0.6) is 0 Å². The molecule has 0 bridgehead atoms. The number of carbonyl (C=O) groups is 4. The summed E-state index contributed by atoms with van der Waals surface area (Å²) in [6.45, 7) is 5.62. The second-order valence-corrected chi connectivity index (χ2v) is 7.44. The van der Waals surface area contributed by atoms with Crippen LogP contribution in [0.2, 0.25) is 0 Å². The average molecular weight is 434 g/mol. The van der Waals surface area contributed by atoms with Crippen LogP contribution in [0.1, 0.15) is 46.5 Å². The second-order valence-electron chi connectivity index (χ2n) is 7.08. The number of thiol groups is 1. The first kappa shape index (κ1) is 27.1. The Morgan fingerprint density at radius 3 is 2.10 bits per heavy atom. The molecular weight excluding hydrogens is 398 g/mol. The number of hydrogen-bond donors (Lipinski definition) is 7. The lowest BCUT2D eigenvalue weighted by atomic mass is 9.97. The average Bonchev–Trinajstić information content (AvgIpc) is 2.68. The first-order chi connectivity index (χ1) is 13.6. The van der Waals surface area contributed by atoms with Gasteiger partial charge in [-0.1, -0.05) is 26.7 Å². The standard InChI is InChI=1S/C18H35N5O5S/c1-4-10(2)14(23-16(25)12(20)7-5-6-8-19)17(26)21-11(3)15(24)22-13(9-29)18(27)28/h10-14,29H,4-9,19-20H2,1-3H3,(H,21,26)(H,22,24)(H,23,25)(H,27,28). The third-order valence-corrected chi connectivity index (χ3v) is 5.01. The molecule has 0 aliphatic rings. The van der Waals surface area contributed by atoms with Gasteiger partial charge in [0.05, 0.1) is 6.04 Å². The fourth-order valence-corrected chi connectivity index (χ4v) is 2.70. The number of nitrogens with one attached hydrogen (secondary N) is 3. The van der Waals surface area contributed by atoms with Gasteiger partial charge in [-0.3, -0.25) is 14.4 Å². The van der Waals surface area contributed by atoms with Crippen molar-refractivity contribution < 1.29 is 24.3 Å². The fraction of sp³-hybridized carbons (Fsp3) is 0.778. The van der Waals surface area contributed by atoms with Gasteiger partial charge < -0.3 is 32.5 Å². The van der Waals surface area contributed by atoms with E-state index in [0.717, 1.165) is 6.42 Å². The molecule has 8 N–H and O–H groups in total. The van der Waals surface area contributed by atoms with Gasteiger partial charge in [0.1, 0.15) is 18.1 Å². The van der Waals surface area contributed by atoms with Crippen LogP contribution in [0.15, 0.2) is 0 Å². The van der Waals surface area contributed by atoms with Crippen LogP contribution < -0.4 is 27.4 Å². The number of carboxylic acid groups (broad SMARTS) is 1. The van der Waals surface area contributed by atoms with E-state index in [9.17, 15) is 19.2 Å². The second kappa shape index (κ2) is 14.2. The Labute approximate surface area is 177 Å². The third-order valence-electron chi connectivity index (χ3n) is 4.65. The van der Waals surface area contributed by atoms with Crippen molar-refractivity contribution >= 4 is 36.3 Å². The molecule has 29 heavy (non-hydrogen) atoms. The molecule has 0 rings (SSSR count). The Balaban J connectivity index is 4.96. The number of unbranched alkanes of at least 4 members (excludes halogenated alkanes) is 1. The molecule has 0 aromatic heterocycles. The van der Waals surface area contributed by atoms with Crippen molar-refractivity contribution in [2.24, 2.45) is 17.4 Å². The molecule has 168 valence electrons. The molecule has 0 aromatic rings. The molecule has 0 radical (unpaired) electrons.